The van der Waals surface area contributed by atoms with Crippen LogP contribution in [0.3, 0.4) is 0 Å². The second kappa shape index (κ2) is 5.54. The maximum Gasteiger partial charge on any atom is 0.303 e. The van der Waals surface area contributed by atoms with Crippen molar-refractivity contribution in [3.8, 4) is 0 Å². The molecule has 0 saturated carbocycles. The van der Waals surface area contributed by atoms with Gasteiger partial charge in [0.1, 0.15) is 11.9 Å². The summed E-state index contributed by atoms with van der Waals surface area (Å²) < 4.78 is 13.5. The molecule has 1 aromatic carbocycles. The number of rotatable bonds is 3. The maximum atomic E-state index is 13.5. The van der Waals surface area contributed by atoms with Crippen molar-refractivity contribution < 1.29 is 18.9 Å². The molecule has 1 fully saturated rings. The zero-order chi connectivity index (χ0) is 16.0. The van der Waals surface area contributed by atoms with E-state index in [0.717, 1.165) is 19.4 Å². The molecule has 0 radical (unpaired) electrons. The lowest BCUT2D eigenvalue weighted by Crippen LogP contribution is -3.12. The zero-order valence-corrected chi connectivity index (χ0v) is 13.2. The minimum Gasteiger partial charge on any atom is -0.311 e. The smallest absolute Gasteiger partial charge is 0.303 e. The summed E-state index contributed by atoms with van der Waals surface area (Å²) in [5, 5.41) is 2.06. The number of fused-ring (bicyclic) bond motifs is 1. The van der Waals surface area contributed by atoms with Crippen molar-refractivity contribution in [1.82, 2.24) is 0 Å². The van der Waals surface area contributed by atoms with Gasteiger partial charge in [-0.2, -0.15) is 0 Å². The van der Waals surface area contributed by atoms with Gasteiger partial charge >= 0.3 is 5.91 Å². The molecule has 4 nitrogen and oxygen atoms in total. The van der Waals surface area contributed by atoms with Crippen molar-refractivity contribution in [1.29, 1.82) is 0 Å². The van der Waals surface area contributed by atoms with E-state index >= 15 is 0 Å². The van der Waals surface area contributed by atoms with Crippen molar-refractivity contribution in [2.24, 2.45) is 0 Å². The van der Waals surface area contributed by atoms with E-state index in [2.05, 4.69) is 11.4 Å². The number of carbonyl (C=O) groups is 2. The van der Waals surface area contributed by atoms with E-state index in [0.29, 0.717) is 24.0 Å². The van der Waals surface area contributed by atoms with Gasteiger partial charge in [-0.05, 0) is 29.6 Å². The normalized spacial score (nSPS) is 23.6. The highest BCUT2D eigenvalue weighted by Gasteiger charge is 2.40. The van der Waals surface area contributed by atoms with Crippen LogP contribution >= 0.6 is 11.3 Å². The first-order valence-corrected chi connectivity index (χ1v) is 8.57. The number of quaternary nitrogens is 1. The first kappa shape index (κ1) is 14.5. The molecule has 1 saturated heterocycles. The van der Waals surface area contributed by atoms with E-state index in [1.807, 2.05) is 6.07 Å². The van der Waals surface area contributed by atoms with Gasteiger partial charge < -0.3 is 4.90 Å². The first-order chi connectivity index (χ1) is 11.1. The highest BCUT2D eigenvalue weighted by Crippen LogP contribution is 2.30. The van der Waals surface area contributed by atoms with Crippen LogP contribution in [-0.2, 0) is 4.79 Å². The Labute approximate surface area is 137 Å². The molecule has 1 aromatic heterocycles. The summed E-state index contributed by atoms with van der Waals surface area (Å²) in [7, 11) is 0. The Morgan fingerprint density at radius 1 is 1.30 bits per heavy atom. The quantitative estimate of drug-likeness (QED) is 0.872. The molecular formula is C17H16FN2O2S+. The van der Waals surface area contributed by atoms with Gasteiger partial charge in [-0.25, -0.2) is 4.39 Å². The summed E-state index contributed by atoms with van der Waals surface area (Å²) in [6.45, 7) is 1.36. The van der Waals surface area contributed by atoms with Crippen LogP contribution in [0, 0.1) is 5.82 Å². The molecule has 2 atom stereocenters. The number of thiophene rings is 1. The van der Waals surface area contributed by atoms with E-state index in [9.17, 15) is 14.0 Å². The second-order valence-corrected chi connectivity index (χ2v) is 6.98. The topological polar surface area (TPSA) is 41.8 Å². The number of amides is 1. The summed E-state index contributed by atoms with van der Waals surface area (Å²) in [6, 6.07) is 8.41. The lowest BCUT2D eigenvalue weighted by molar-refractivity contribution is -0.916. The minimum absolute atomic E-state index is 0.308. The number of nitrogens with zero attached hydrogens (tertiary/aromatic N) is 1. The number of hydrogen-bond acceptors (Lipinski definition) is 3. The molecule has 4 rings (SSSR count). The SMILES string of the molecule is O=C1C(=O)N(C[NH+]2CCC[C@@H]2c2cccs2)c2cc(F)ccc21. The number of benzene rings is 1. The molecule has 2 aliphatic rings. The van der Waals surface area contributed by atoms with Crippen molar-refractivity contribution in [2.45, 2.75) is 18.9 Å². The molecule has 0 aliphatic carbocycles. The van der Waals surface area contributed by atoms with Crippen molar-refractivity contribution in [2.75, 3.05) is 18.1 Å². The summed E-state index contributed by atoms with van der Waals surface area (Å²) >= 11 is 1.72. The van der Waals surface area contributed by atoms with Crippen LogP contribution in [0.1, 0.15) is 34.1 Å². The number of Topliss-reactive ketones (excluding diaryl/α,β-unsaturated/α-hetero) is 1. The van der Waals surface area contributed by atoms with Crippen LogP contribution in [0.4, 0.5) is 10.1 Å². The largest absolute Gasteiger partial charge is 0.311 e. The Bertz CT molecular complexity index is 775. The number of likely N-dealkylation sites (tertiary alicyclic amines) is 1. The first-order valence-electron chi connectivity index (χ1n) is 7.69. The van der Waals surface area contributed by atoms with E-state index in [1.165, 1.54) is 32.9 Å². The predicted molar refractivity (Wildman–Crippen MR) is 85.2 cm³/mol. The third-order valence-corrected chi connectivity index (χ3v) is 5.65. The van der Waals surface area contributed by atoms with Gasteiger partial charge in [0.05, 0.1) is 22.7 Å². The molecule has 2 aromatic rings. The lowest BCUT2D eigenvalue weighted by Gasteiger charge is -2.25. The fraction of sp³-hybridized carbons (Fsp3) is 0.294. The van der Waals surface area contributed by atoms with Crippen LogP contribution in [0.5, 0.6) is 0 Å². The third-order valence-electron chi connectivity index (χ3n) is 4.67. The van der Waals surface area contributed by atoms with Crippen molar-refractivity contribution in [3.05, 3.63) is 52.0 Å². The van der Waals surface area contributed by atoms with Crippen LogP contribution in [0.2, 0.25) is 0 Å². The maximum absolute atomic E-state index is 13.5. The van der Waals surface area contributed by atoms with Crippen LogP contribution in [0.25, 0.3) is 0 Å². The zero-order valence-electron chi connectivity index (χ0n) is 12.4. The van der Waals surface area contributed by atoms with E-state index in [1.54, 1.807) is 11.3 Å². The number of carbonyl (C=O) groups excluding carboxylic acids is 2. The molecule has 0 bridgehead atoms. The Hall–Kier alpha value is -2.05. The van der Waals surface area contributed by atoms with Crippen LogP contribution in [-0.4, -0.2) is 24.9 Å². The standard InChI is InChI=1S/C17H15FN2O2S/c18-11-5-6-12-14(9-11)20(17(22)16(12)21)10-19-7-1-3-13(19)15-4-2-8-23-15/h2,4-6,8-9,13H,1,3,7,10H2/p+1/t13-/m1/s1. The molecule has 1 N–H and O–H groups in total. The molecule has 23 heavy (non-hydrogen) atoms. The van der Waals surface area contributed by atoms with E-state index in [4.69, 9.17) is 0 Å². The van der Waals surface area contributed by atoms with Crippen molar-refractivity contribution in [3.63, 3.8) is 0 Å². The minimum atomic E-state index is -0.546. The number of anilines is 1. The van der Waals surface area contributed by atoms with Crippen LogP contribution < -0.4 is 9.80 Å². The lowest BCUT2D eigenvalue weighted by atomic mass is 10.1. The van der Waals surface area contributed by atoms with Gasteiger partial charge in [-0.3, -0.25) is 14.5 Å². The second-order valence-electron chi connectivity index (χ2n) is 6.00. The number of nitrogens with one attached hydrogen (secondary N) is 1. The molecule has 6 heteroatoms. The monoisotopic (exact) mass is 331 g/mol. The average Bonchev–Trinajstić information content (AvgIpc) is 3.25. The van der Waals surface area contributed by atoms with Gasteiger partial charge in [0.25, 0.3) is 5.78 Å². The van der Waals surface area contributed by atoms with Gasteiger partial charge in [-0.1, -0.05) is 6.07 Å². The third kappa shape index (κ3) is 2.38. The molecule has 2 aliphatic heterocycles. The van der Waals surface area contributed by atoms with Crippen molar-refractivity contribution >= 4 is 28.7 Å². The molecular weight excluding hydrogens is 315 g/mol. The van der Waals surface area contributed by atoms with E-state index < -0.39 is 17.5 Å². The molecule has 1 unspecified atom stereocenters. The summed E-state index contributed by atoms with van der Waals surface area (Å²) in [4.78, 5) is 28.4. The number of hydrogen-bond donors (Lipinski definition) is 1. The Morgan fingerprint density at radius 3 is 2.96 bits per heavy atom. The number of ketones is 1. The van der Waals surface area contributed by atoms with Gasteiger partial charge in [-0.15, -0.1) is 11.3 Å². The fourth-order valence-electron chi connectivity index (χ4n) is 3.56. The summed E-state index contributed by atoms with van der Waals surface area (Å²) in [6.07, 6.45) is 2.16. The molecule has 118 valence electrons. The molecule has 1 amide bonds. The Balaban J connectivity index is 1.63. The highest BCUT2D eigenvalue weighted by atomic mass is 32.1. The van der Waals surface area contributed by atoms with E-state index in [-0.39, 0.29) is 0 Å². The van der Waals surface area contributed by atoms with Gasteiger partial charge in [0, 0.05) is 12.8 Å². The molecule has 0 spiro atoms. The Morgan fingerprint density at radius 2 is 2.17 bits per heavy atom. The van der Waals surface area contributed by atoms with Crippen LogP contribution in [0.15, 0.2) is 35.7 Å². The number of halogens is 1. The Kier molecular flexibility index (Phi) is 3.50. The van der Waals surface area contributed by atoms with Gasteiger partial charge in [0.2, 0.25) is 0 Å². The highest BCUT2D eigenvalue weighted by molar-refractivity contribution is 7.10. The molecule has 3 heterocycles. The van der Waals surface area contributed by atoms with Gasteiger partial charge in [0.15, 0.2) is 6.67 Å². The average molecular weight is 331 g/mol. The fourth-order valence-corrected chi connectivity index (χ4v) is 4.48. The summed E-state index contributed by atoms with van der Waals surface area (Å²) in [5.41, 5.74) is 0.715. The summed E-state index contributed by atoms with van der Waals surface area (Å²) in [5.74, 6) is -1.51. The predicted octanol–water partition coefficient (Wildman–Crippen LogP) is 1.79.